The van der Waals surface area contributed by atoms with Gasteiger partial charge in [0, 0.05) is 20.0 Å². The summed E-state index contributed by atoms with van der Waals surface area (Å²) in [6.07, 6.45) is 7.16. The van der Waals surface area contributed by atoms with Crippen molar-refractivity contribution >= 4 is 5.82 Å². The van der Waals surface area contributed by atoms with Crippen molar-refractivity contribution < 1.29 is 0 Å². The molecule has 6 heteroatoms. The number of rotatable bonds is 6. The predicted octanol–water partition coefficient (Wildman–Crippen LogP) is 4.23. The van der Waals surface area contributed by atoms with Gasteiger partial charge in [-0.3, -0.25) is 4.68 Å². The minimum atomic E-state index is 0.275. The van der Waals surface area contributed by atoms with Crippen molar-refractivity contribution in [2.75, 3.05) is 32.0 Å². The molecule has 1 aliphatic heterocycles. The molecular weight excluding hydrogens is 372 g/mol. The first-order chi connectivity index (χ1) is 14.2. The first-order valence-corrected chi connectivity index (χ1v) is 11.4. The third-order valence-electron chi connectivity index (χ3n) is 7.42. The number of aryl methyl sites for hydroxylation is 2. The van der Waals surface area contributed by atoms with Crippen LogP contribution in [0.5, 0.6) is 0 Å². The van der Waals surface area contributed by atoms with Crippen LogP contribution in [-0.4, -0.2) is 51.6 Å². The van der Waals surface area contributed by atoms with Gasteiger partial charge in [-0.2, -0.15) is 10.2 Å². The standard InChI is InChI=1S/C24H38N6/c1-17-16-26-29(6)22(17)21(19-7-8-20(25-5)28-27-19)18-15-24(18)10-13-30(14-11-24)12-9-23(2,3)4/h7-8,16,18,21H,9-15H2,1-6H3,(H,25,28). The van der Waals surface area contributed by atoms with Gasteiger partial charge in [0.15, 0.2) is 0 Å². The first kappa shape index (κ1) is 21.3. The number of aromatic nitrogens is 4. The van der Waals surface area contributed by atoms with Crippen LogP contribution in [-0.2, 0) is 7.05 Å². The van der Waals surface area contributed by atoms with E-state index in [1.165, 1.54) is 56.6 Å². The van der Waals surface area contributed by atoms with E-state index in [9.17, 15) is 0 Å². The van der Waals surface area contributed by atoms with Gasteiger partial charge in [-0.15, -0.1) is 5.10 Å². The Morgan fingerprint density at radius 3 is 2.47 bits per heavy atom. The Hall–Kier alpha value is -1.95. The second-order valence-electron chi connectivity index (χ2n) is 10.7. The molecule has 164 valence electrons. The van der Waals surface area contributed by atoms with Crippen LogP contribution in [0, 0.1) is 23.7 Å². The molecule has 1 spiro atoms. The Labute approximate surface area is 181 Å². The Bertz CT molecular complexity index is 835. The van der Waals surface area contributed by atoms with Crippen molar-refractivity contribution in [2.45, 2.75) is 59.3 Å². The average Bonchev–Trinajstić information content (AvgIpc) is 3.30. The zero-order valence-electron chi connectivity index (χ0n) is 19.6. The highest BCUT2D eigenvalue weighted by Crippen LogP contribution is 2.65. The average molecular weight is 411 g/mol. The van der Waals surface area contributed by atoms with Crippen LogP contribution >= 0.6 is 0 Å². The van der Waals surface area contributed by atoms with E-state index in [0.29, 0.717) is 16.7 Å². The maximum Gasteiger partial charge on any atom is 0.148 e. The summed E-state index contributed by atoms with van der Waals surface area (Å²) < 4.78 is 2.05. The zero-order valence-corrected chi connectivity index (χ0v) is 19.6. The third kappa shape index (κ3) is 4.25. The van der Waals surface area contributed by atoms with Crippen LogP contribution in [0.3, 0.4) is 0 Å². The van der Waals surface area contributed by atoms with Crippen LogP contribution in [0.15, 0.2) is 18.3 Å². The molecule has 4 rings (SSSR count). The molecule has 0 bridgehead atoms. The zero-order chi connectivity index (χ0) is 21.5. The van der Waals surface area contributed by atoms with Gasteiger partial charge in [0.05, 0.1) is 17.6 Å². The maximum absolute atomic E-state index is 4.63. The van der Waals surface area contributed by atoms with E-state index in [1.54, 1.807) is 0 Å². The van der Waals surface area contributed by atoms with Crippen LogP contribution in [0.25, 0.3) is 0 Å². The van der Waals surface area contributed by atoms with E-state index in [2.05, 4.69) is 71.0 Å². The molecule has 3 heterocycles. The van der Waals surface area contributed by atoms with E-state index < -0.39 is 0 Å². The summed E-state index contributed by atoms with van der Waals surface area (Å²) in [5.41, 5.74) is 4.52. The molecule has 1 N–H and O–H groups in total. The fraction of sp³-hybridized carbons (Fsp3) is 0.708. The molecule has 1 aliphatic carbocycles. The Morgan fingerprint density at radius 1 is 1.20 bits per heavy atom. The number of anilines is 1. The van der Waals surface area contributed by atoms with Gasteiger partial charge in [-0.05, 0) is 86.7 Å². The minimum absolute atomic E-state index is 0.275. The van der Waals surface area contributed by atoms with Crippen molar-refractivity contribution in [3.63, 3.8) is 0 Å². The van der Waals surface area contributed by atoms with E-state index in [1.807, 2.05) is 19.3 Å². The summed E-state index contributed by atoms with van der Waals surface area (Å²) in [4.78, 5) is 2.68. The second-order valence-corrected chi connectivity index (χ2v) is 10.7. The fourth-order valence-corrected chi connectivity index (χ4v) is 5.32. The molecule has 2 aromatic rings. The number of nitrogens with zero attached hydrogens (tertiary/aromatic N) is 5. The highest BCUT2D eigenvalue weighted by Gasteiger charge is 2.59. The highest BCUT2D eigenvalue weighted by atomic mass is 15.3. The van der Waals surface area contributed by atoms with Gasteiger partial charge in [0.1, 0.15) is 5.82 Å². The first-order valence-electron chi connectivity index (χ1n) is 11.4. The summed E-state index contributed by atoms with van der Waals surface area (Å²) in [7, 11) is 3.95. The highest BCUT2D eigenvalue weighted by molar-refractivity contribution is 5.37. The summed E-state index contributed by atoms with van der Waals surface area (Å²) >= 11 is 0. The topological polar surface area (TPSA) is 58.9 Å². The van der Waals surface area contributed by atoms with Crippen LogP contribution < -0.4 is 5.32 Å². The molecule has 30 heavy (non-hydrogen) atoms. The SMILES string of the molecule is CNc1ccc(C(c2c(C)cnn2C)C2CC23CCN(CCC(C)(C)C)CC3)nn1. The van der Waals surface area contributed by atoms with Gasteiger partial charge in [-0.1, -0.05) is 20.8 Å². The van der Waals surface area contributed by atoms with Crippen molar-refractivity contribution in [1.29, 1.82) is 0 Å². The molecule has 2 unspecified atom stereocenters. The molecule has 2 fully saturated rings. The van der Waals surface area contributed by atoms with Crippen LogP contribution in [0.4, 0.5) is 5.82 Å². The number of hydrogen-bond donors (Lipinski definition) is 1. The van der Waals surface area contributed by atoms with Gasteiger partial charge >= 0.3 is 0 Å². The van der Waals surface area contributed by atoms with Crippen molar-refractivity contribution in [2.24, 2.45) is 23.8 Å². The largest absolute Gasteiger partial charge is 0.372 e. The lowest BCUT2D eigenvalue weighted by atomic mass is 9.82. The molecule has 0 radical (unpaired) electrons. The fourth-order valence-electron chi connectivity index (χ4n) is 5.32. The molecule has 0 amide bonds. The quantitative estimate of drug-likeness (QED) is 0.772. The van der Waals surface area contributed by atoms with Crippen LogP contribution in [0.2, 0.25) is 0 Å². The lowest BCUT2D eigenvalue weighted by molar-refractivity contribution is 0.144. The van der Waals surface area contributed by atoms with Gasteiger partial charge in [0.2, 0.25) is 0 Å². The number of piperidine rings is 1. The van der Waals surface area contributed by atoms with Gasteiger partial charge < -0.3 is 10.2 Å². The summed E-state index contributed by atoms with van der Waals surface area (Å²) in [5, 5.41) is 16.7. The Morgan fingerprint density at radius 2 is 1.93 bits per heavy atom. The summed E-state index contributed by atoms with van der Waals surface area (Å²) in [5.74, 6) is 1.72. The molecule has 2 atom stereocenters. The molecule has 2 aliphatic rings. The number of nitrogens with one attached hydrogen (secondary N) is 1. The van der Waals surface area contributed by atoms with Crippen LogP contribution in [0.1, 0.15) is 69.3 Å². The Balaban J connectivity index is 1.52. The molecule has 0 aromatic carbocycles. The Kier molecular flexibility index (Phi) is 5.64. The van der Waals surface area contributed by atoms with Crippen molar-refractivity contribution in [1.82, 2.24) is 24.9 Å². The minimum Gasteiger partial charge on any atom is -0.372 e. The summed E-state index contributed by atoms with van der Waals surface area (Å²) in [6, 6.07) is 4.20. The number of hydrogen-bond acceptors (Lipinski definition) is 5. The van der Waals surface area contributed by atoms with E-state index in [-0.39, 0.29) is 5.92 Å². The van der Waals surface area contributed by atoms with Crippen molar-refractivity contribution in [3.8, 4) is 0 Å². The van der Waals surface area contributed by atoms with Gasteiger partial charge in [0.25, 0.3) is 0 Å². The normalized spacial score (nSPS) is 22.3. The van der Waals surface area contributed by atoms with E-state index >= 15 is 0 Å². The molecular formula is C24H38N6. The maximum atomic E-state index is 4.63. The smallest absolute Gasteiger partial charge is 0.148 e. The molecule has 1 saturated carbocycles. The monoisotopic (exact) mass is 410 g/mol. The third-order valence-corrected chi connectivity index (χ3v) is 7.42. The predicted molar refractivity (Wildman–Crippen MR) is 122 cm³/mol. The molecule has 6 nitrogen and oxygen atoms in total. The molecule has 1 saturated heterocycles. The van der Waals surface area contributed by atoms with E-state index in [0.717, 1.165) is 11.5 Å². The summed E-state index contributed by atoms with van der Waals surface area (Å²) in [6.45, 7) is 12.9. The van der Waals surface area contributed by atoms with Gasteiger partial charge in [-0.25, -0.2) is 0 Å². The lowest BCUT2D eigenvalue weighted by Crippen LogP contribution is -2.37. The van der Waals surface area contributed by atoms with E-state index in [4.69, 9.17) is 0 Å². The lowest BCUT2D eigenvalue weighted by Gasteiger charge is -2.35. The second kappa shape index (κ2) is 7.95. The molecule has 2 aromatic heterocycles. The number of likely N-dealkylation sites (tertiary alicyclic amines) is 1. The van der Waals surface area contributed by atoms with Crippen molar-refractivity contribution in [3.05, 3.63) is 35.3 Å².